The van der Waals surface area contributed by atoms with Gasteiger partial charge in [0, 0.05) is 29.1 Å². The molecule has 2 aromatic heterocycles. The zero-order chi connectivity index (χ0) is 20.3. The molecule has 0 N–H and O–H groups in total. The molecule has 1 unspecified atom stereocenters. The van der Waals surface area contributed by atoms with Crippen LogP contribution in [0.2, 0.25) is 5.02 Å². The number of aryl methyl sites for hydroxylation is 1. The van der Waals surface area contributed by atoms with E-state index in [1.54, 1.807) is 13.4 Å². The number of benzene rings is 1. The van der Waals surface area contributed by atoms with E-state index in [-0.39, 0.29) is 17.6 Å². The minimum atomic E-state index is 0.0645. The molecule has 6 nitrogen and oxygen atoms in total. The normalized spacial score (nSPS) is 12.3. The molecule has 0 bridgehead atoms. The largest absolute Gasteiger partial charge is 0.383 e. The molecule has 0 saturated carbocycles. The van der Waals surface area contributed by atoms with E-state index in [2.05, 4.69) is 21.7 Å². The molecule has 0 fully saturated rings. The molecule has 3 rings (SSSR count). The number of carbonyl (C=O) groups excluding carboxylic acids is 1. The summed E-state index contributed by atoms with van der Waals surface area (Å²) < 4.78 is 9.24. The molecule has 1 atom stereocenters. The molecule has 0 saturated heterocycles. The molecule has 0 aliphatic carbocycles. The highest BCUT2D eigenvalue weighted by Crippen LogP contribution is 2.25. The molecule has 8 heteroatoms. The Morgan fingerprint density at radius 3 is 2.82 bits per heavy atom. The third kappa shape index (κ3) is 4.32. The van der Waals surface area contributed by atoms with Crippen LogP contribution in [0.3, 0.4) is 0 Å². The summed E-state index contributed by atoms with van der Waals surface area (Å²) in [6.45, 7) is 6.67. The number of carbonyl (C=O) groups is 1. The van der Waals surface area contributed by atoms with Crippen molar-refractivity contribution in [2.45, 2.75) is 32.0 Å². The molecule has 3 aromatic rings. The molecule has 0 radical (unpaired) electrons. The van der Waals surface area contributed by atoms with Gasteiger partial charge in [-0.2, -0.15) is 0 Å². The summed E-state index contributed by atoms with van der Waals surface area (Å²) in [4.78, 5) is 12.9. The van der Waals surface area contributed by atoms with Gasteiger partial charge in [0.25, 0.3) is 0 Å². The number of thioether (sulfide) groups is 1. The Morgan fingerprint density at radius 1 is 1.32 bits per heavy atom. The maximum Gasteiger partial charge on any atom is 0.196 e. The van der Waals surface area contributed by atoms with Crippen molar-refractivity contribution in [2.24, 2.45) is 0 Å². The Kier molecular flexibility index (Phi) is 6.59. The van der Waals surface area contributed by atoms with Crippen molar-refractivity contribution in [1.29, 1.82) is 0 Å². The molecule has 28 heavy (non-hydrogen) atoms. The highest BCUT2D eigenvalue weighted by molar-refractivity contribution is 7.99. The Balaban J connectivity index is 1.76. The first-order chi connectivity index (χ1) is 13.4. The molecule has 0 aliphatic rings. The van der Waals surface area contributed by atoms with E-state index in [0.29, 0.717) is 16.8 Å². The van der Waals surface area contributed by atoms with Gasteiger partial charge in [0.15, 0.2) is 10.9 Å². The number of hydrogen-bond donors (Lipinski definition) is 0. The molecule has 0 spiro atoms. The first kappa shape index (κ1) is 20.6. The van der Waals surface area contributed by atoms with Crippen LogP contribution in [0.5, 0.6) is 0 Å². The van der Waals surface area contributed by atoms with Gasteiger partial charge in [-0.3, -0.25) is 9.36 Å². The predicted octanol–water partition coefficient (Wildman–Crippen LogP) is 4.52. The van der Waals surface area contributed by atoms with Crippen molar-refractivity contribution in [2.75, 3.05) is 19.5 Å². The second-order valence-electron chi connectivity index (χ2n) is 6.63. The van der Waals surface area contributed by atoms with E-state index in [9.17, 15) is 4.79 Å². The second kappa shape index (κ2) is 8.94. The quantitative estimate of drug-likeness (QED) is 0.397. The minimum Gasteiger partial charge on any atom is -0.383 e. The number of rotatable bonds is 8. The van der Waals surface area contributed by atoms with Crippen molar-refractivity contribution in [3.8, 4) is 5.69 Å². The van der Waals surface area contributed by atoms with Gasteiger partial charge in [0.2, 0.25) is 0 Å². The summed E-state index contributed by atoms with van der Waals surface area (Å²) in [6, 6.07) is 9.56. The number of ether oxygens (including phenoxy) is 1. The number of nitrogens with zero attached hydrogens (tertiary/aromatic N) is 4. The highest BCUT2D eigenvalue weighted by Gasteiger charge is 2.20. The van der Waals surface area contributed by atoms with Crippen molar-refractivity contribution in [3.05, 3.63) is 58.6 Å². The van der Waals surface area contributed by atoms with Gasteiger partial charge in [-0.05, 0) is 45.0 Å². The monoisotopic (exact) mass is 418 g/mol. The summed E-state index contributed by atoms with van der Waals surface area (Å²) in [5, 5.41) is 9.41. The van der Waals surface area contributed by atoms with Crippen LogP contribution in [-0.4, -0.2) is 44.6 Å². The topological polar surface area (TPSA) is 61.9 Å². The lowest BCUT2D eigenvalue weighted by molar-refractivity contribution is 0.102. The van der Waals surface area contributed by atoms with Crippen LogP contribution in [0.1, 0.15) is 34.7 Å². The van der Waals surface area contributed by atoms with Gasteiger partial charge in [0.05, 0.1) is 24.1 Å². The Labute approximate surface area is 173 Å². The van der Waals surface area contributed by atoms with Crippen molar-refractivity contribution >= 4 is 29.1 Å². The SMILES string of the molecule is COCC(C)n1c(C)cc(C(=O)CSc2nncn2-c2cccc(Cl)c2)c1C. The predicted molar refractivity (Wildman–Crippen MR) is 112 cm³/mol. The number of Topliss-reactive ketones (excluding diaryl/α,β-unsaturated/α-hetero) is 1. The maximum absolute atomic E-state index is 12.9. The molecular weight excluding hydrogens is 396 g/mol. The smallest absolute Gasteiger partial charge is 0.196 e. The number of methoxy groups -OCH3 is 1. The van der Waals surface area contributed by atoms with Crippen LogP contribution < -0.4 is 0 Å². The highest BCUT2D eigenvalue weighted by atomic mass is 35.5. The summed E-state index contributed by atoms with van der Waals surface area (Å²) in [7, 11) is 1.68. The number of hydrogen-bond acceptors (Lipinski definition) is 5. The average Bonchev–Trinajstić information content (AvgIpc) is 3.24. The fraction of sp³-hybridized carbons (Fsp3) is 0.350. The number of aromatic nitrogens is 4. The van der Waals surface area contributed by atoms with Crippen LogP contribution >= 0.6 is 23.4 Å². The van der Waals surface area contributed by atoms with Crippen molar-refractivity contribution in [3.63, 3.8) is 0 Å². The van der Waals surface area contributed by atoms with Gasteiger partial charge in [-0.25, -0.2) is 0 Å². The van der Waals surface area contributed by atoms with Crippen LogP contribution in [0.4, 0.5) is 0 Å². The Hall–Kier alpha value is -2.09. The second-order valence-corrected chi connectivity index (χ2v) is 8.01. The Morgan fingerprint density at radius 2 is 2.11 bits per heavy atom. The van der Waals surface area contributed by atoms with Crippen LogP contribution in [0, 0.1) is 13.8 Å². The fourth-order valence-corrected chi connectivity index (χ4v) is 4.38. The van der Waals surface area contributed by atoms with Crippen molar-refractivity contribution in [1.82, 2.24) is 19.3 Å². The number of ketones is 1. The van der Waals surface area contributed by atoms with E-state index in [0.717, 1.165) is 22.6 Å². The van der Waals surface area contributed by atoms with E-state index in [1.165, 1.54) is 11.8 Å². The van der Waals surface area contributed by atoms with Gasteiger partial charge in [-0.15, -0.1) is 10.2 Å². The standard InChI is InChI=1S/C20H23ClN4O2S/c1-13-8-18(15(3)25(13)14(2)10-27-4)19(26)11-28-20-23-22-12-24(20)17-7-5-6-16(21)9-17/h5-9,12,14H,10-11H2,1-4H3. The molecule has 0 aliphatic heterocycles. The van der Waals surface area contributed by atoms with E-state index >= 15 is 0 Å². The minimum absolute atomic E-state index is 0.0645. The molecular formula is C20H23ClN4O2S. The average molecular weight is 419 g/mol. The van der Waals surface area contributed by atoms with E-state index in [1.807, 2.05) is 48.7 Å². The zero-order valence-corrected chi connectivity index (χ0v) is 17.9. The third-order valence-electron chi connectivity index (χ3n) is 4.57. The van der Waals surface area contributed by atoms with Gasteiger partial charge in [-0.1, -0.05) is 29.4 Å². The van der Waals surface area contributed by atoms with Crippen LogP contribution in [0.15, 0.2) is 41.8 Å². The number of halogens is 1. The summed E-state index contributed by atoms with van der Waals surface area (Å²) in [5.74, 6) is 0.344. The van der Waals surface area contributed by atoms with Gasteiger partial charge < -0.3 is 9.30 Å². The van der Waals surface area contributed by atoms with E-state index in [4.69, 9.17) is 16.3 Å². The fourth-order valence-electron chi connectivity index (χ4n) is 3.39. The summed E-state index contributed by atoms with van der Waals surface area (Å²) in [6.07, 6.45) is 1.62. The first-order valence-electron chi connectivity index (χ1n) is 8.91. The third-order valence-corrected chi connectivity index (χ3v) is 5.75. The van der Waals surface area contributed by atoms with Crippen LogP contribution in [0.25, 0.3) is 5.69 Å². The molecule has 148 valence electrons. The van der Waals surface area contributed by atoms with Gasteiger partial charge in [0.1, 0.15) is 6.33 Å². The lowest BCUT2D eigenvalue weighted by Crippen LogP contribution is -2.14. The lowest BCUT2D eigenvalue weighted by atomic mass is 10.2. The summed E-state index contributed by atoms with van der Waals surface area (Å²) in [5.41, 5.74) is 3.61. The lowest BCUT2D eigenvalue weighted by Gasteiger charge is -2.17. The Bertz CT molecular complexity index is 982. The van der Waals surface area contributed by atoms with Gasteiger partial charge >= 0.3 is 0 Å². The van der Waals surface area contributed by atoms with E-state index < -0.39 is 0 Å². The maximum atomic E-state index is 12.9. The van der Waals surface area contributed by atoms with Crippen molar-refractivity contribution < 1.29 is 9.53 Å². The first-order valence-corrected chi connectivity index (χ1v) is 10.3. The summed E-state index contributed by atoms with van der Waals surface area (Å²) >= 11 is 7.44. The zero-order valence-electron chi connectivity index (χ0n) is 16.3. The van der Waals surface area contributed by atoms with Crippen LogP contribution in [-0.2, 0) is 4.74 Å². The molecule has 2 heterocycles. The molecule has 1 aromatic carbocycles. The molecule has 0 amide bonds.